The van der Waals surface area contributed by atoms with Crippen LogP contribution in [0.1, 0.15) is 42.1 Å². The van der Waals surface area contributed by atoms with Gasteiger partial charge in [0, 0.05) is 12.6 Å². The van der Waals surface area contributed by atoms with E-state index >= 15 is 0 Å². The molecule has 0 spiro atoms. The maximum atomic E-state index is 10.4. The van der Waals surface area contributed by atoms with Crippen LogP contribution in [-0.2, 0) is 0 Å². The highest BCUT2D eigenvalue weighted by atomic mass is 16.3. The van der Waals surface area contributed by atoms with Crippen molar-refractivity contribution in [3.63, 3.8) is 0 Å². The molecule has 2 rings (SSSR count). The summed E-state index contributed by atoms with van der Waals surface area (Å²) in [5.41, 5.74) is 3.60. The van der Waals surface area contributed by atoms with Crippen LogP contribution in [0.25, 0.3) is 0 Å². The minimum atomic E-state index is -0.349. The zero-order valence-corrected chi connectivity index (χ0v) is 14.0. The Balaban J connectivity index is 1.82. The zero-order valence-electron chi connectivity index (χ0n) is 14.0. The molecule has 1 unspecified atom stereocenters. The van der Waals surface area contributed by atoms with Gasteiger partial charge in [0.2, 0.25) is 0 Å². The monoisotopic (exact) mass is 290 g/mol. The van der Waals surface area contributed by atoms with Crippen LogP contribution >= 0.6 is 0 Å². The van der Waals surface area contributed by atoms with Crippen molar-refractivity contribution in [1.82, 2.24) is 9.80 Å². The van der Waals surface area contributed by atoms with E-state index in [0.29, 0.717) is 6.04 Å². The molecule has 1 N–H and O–H groups in total. The number of hydrogen-bond acceptors (Lipinski definition) is 3. The van der Waals surface area contributed by atoms with E-state index in [1.165, 1.54) is 37.1 Å². The molecule has 1 aromatic carbocycles. The molecular weight excluding hydrogens is 260 g/mol. The fourth-order valence-corrected chi connectivity index (χ4v) is 3.08. The molecule has 0 aliphatic carbocycles. The molecule has 3 heteroatoms. The molecular formula is C18H30N2O. The summed E-state index contributed by atoms with van der Waals surface area (Å²) in [5.74, 6) is 0. The summed E-state index contributed by atoms with van der Waals surface area (Å²) in [4.78, 5) is 4.82. The van der Waals surface area contributed by atoms with E-state index in [1.807, 2.05) is 0 Å². The maximum absolute atomic E-state index is 10.4. The Labute approximate surface area is 129 Å². The lowest BCUT2D eigenvalue weighted by Crippen LogP contribution is -2.42. The van der Waals surface area contributed by atoms with Crippen LogP contribution in [0.5, 0.6) is 0 Å². The average molecular weight is 290 g/mol. The quantitative estimate of drug-likeness (QED) is 0.903. The maximum Gasteiger partial charge on any atom is 0.0802 e. The first-order chi connectivity index (χ1) is 9.97. The van der Waals surface area contributed by atoms with Crippen LogP contribution in [0, 0.1) is 13.8 Å². The number of likely N-dealkylation sites (tertiary alicyclic amines) is 1. The first-order valence-electron chi connectivity index (χ1n) is 8.11. The van der Waals surface area contributed by atoms with Crippen molar-refractivity contribution in [1.29, 1.82) is 0 Å². The van der Waals surface area contributed by atoms with E-state index in [-0.39, 0.29) is 6.10 Å². The number of piperidine rings is 1. The third kappa shape index (κ3) is 4.53. The Morgan fingerprint density at radius 1 is 1.24 bits per heavy atom. The highest BCUT2D eigenvalue weighted by molar-refractivity contribution is 5.31. The van der Waals surface area contributed by atoms with Gasteiger partial charge in [0.15, 0.2) is 0 Å². The molecule has 21 heavy (non-hydrogen) atoms. The topological polar surface area (TPSA) is 26.7 Å². The SMILES string of the molecule is Cc1ccc(C(O)CCN(C)C2CCN(C)CC2)cc1C. The molecule has 0 amide bonds. The van der Waals surface area contributed by atoms with Gasteiger partial charge in [-0.05, 0) is 77.0 Å². The fraction of sp³-hybridized carbons (Fsp3) is 0.667. The molecule has 0 saturated carbocycles. The number of benzene rings is 1. The molecule has 1 aromatic rings. The van der Waals surface area contributed by atoms with Gasteiger partial charge in [-0.1, -0.05) is 18.2 Å². The smallest absolute Gasteiger partial charge is 0.0802 e. The molecule has 0 bridgehead atoms. The molecule has 0 aromatic heterocycles. The van der Waals surface area contributed by atoms with Crippen molar-refractivity contribution in [2.75, 3.05) is 33.7 Å². The van der Waals surface area contributed by atoms with E-state index in [4.69, 9.17) is 0 Å². The summed E-state index contributed by atoms with van der Waals surface area (Å²) >= 11 is 0. The number of aliphatic hydroxyl groups is 1. The molecule has 1 aliphatic heterocycles. The Bertz CT molecular complexity index is 453. The molecule has 0 radical (unpaired) electrons. The van der Waals surface area contributed by atoms with Gasteiger partial charge in [0.05, 0.1) is 6.10 Å². The van der Waals surface area contributed by atoms with E-state index in [9.17, 15) is 5.11 Å². The number of aliphatic hydroxyl groups excluding tert-OH is 1. The Morgan fingerprint density at radius 2 is 1.90 bits per heavy atom. The summed E-state index contributed by atoms with van der Waals surface area (Å²) in [6.07, 6.45) is 2.95. The minimum absolute atomic E-state index is 0.349. The molecule has 3 nitrogen and oxygen atoms in total. The normalized spacial score (nSPS) is 19.1. The van der Waals surface area contributed by atoms with Crippen molar-refractivity contribution in [2.24, 2.45) is 0 Å². The molecule has 1 atom stereocenters. The summed E-state index contributed by atoms with van der Waals surface area (Å²) in [6, 6.07) is 6.96. The summed E-state index contributed by atoms with van der Waals surface area (Å²) < 4.78 is 0. The molecule has 1 saturated heterocycles. The van der Waals surface area contributed by atoms with E-state index in [1.54, 1.807) is 0 Å². The Hall–Kier alpha value is -0.900. The van der Waals surface area contributed by atoms with Crippen molar-refractivity contribution >= 4 is 0 Å². The van der Waals surface area contributed by atoms with Gasteiger partial charge >= 0.3 is 0 Å². The van der Waals surface area contributed by atoms with Crippen molar-refractivity contribution < 1.29 is 5.11 Å². The zero-order chi connectivity index (χ0) is 15.4. The third-order valence-electron chi connectivity index (χ3n) is 4.98. The molecule has 1 fully saturated rings. The van der Waals surface area contributed by atoms with Gasteiger partial charge in [-0.2, -0.15) is 0 Å². The molecule has 1 aliphatic rings. The van der Waals surface area contributed by atoms with Crippen LogP contribution in [0.3, 0.4) is 0 Å². The second kappa shape index (κ2) is 7.39. The Morgan fingerprint density at radius 3 is 2.52 bits per heavy atom. The van der Waals surface area contributed by atoms with Crippen LogP contribution in [0.15, 0.2) is 18.2 Å². The van der Waals surface area contributed by atoms with Gasteiger partial charge < -0.3 is 14.9 Å². The molecule has 1 heterocycles. The summed E-state index contributed by atoms with van der Waals surface area (Å²) in [6.45, 7) is 7.56. The van der Waals surface area contributed by atoms with Crippen LogP contribution in [0.2, 0.25) is 0 Å². The van der Waals surface area contributed by atoms with Crippen molar-refractivity contribution in [2.45, 2.75) is 45.3 Å². The van der Waals surface area contributed by atoms with E-state index < -0.39 is 0 Å². The minimum Gasteiger partial charge on any atom is -0.388 e. The number of nitrogens with zero attached hydrogens (tertiary/aromatic N) is 2. The lowest BCUT2D eigenvalue weighted by molar-refractivity contribution is 0.110. The lowest BCUT2D eigenvalue weighted by atomic mass is 10.00. The lowest BCUT2D eigenvalue weighted by Gasteiger charge is -2.35. The summed E-state index contributed by atoms with van der Waals surface area (Å²) in [7, 11) is 4.39. The predicted molar refractivity (Wildman–Crippen MR) is 88.6 cm³/mol. The van der Waals surface area contributed by atoms with Crippen LogP contribution < -0.4 is 0 Å². The van der Waals surface area contributed by atoms with Crippen LogP contribution in [-0.4, -0.2) is 54.7 Å². The predicted octanol–water partition coefficient (Wildman–Crippen LogP) is 2.75. The van der Waals surface area contributed by atoms with Crippen molar-refractivity contribution in [3.8, 4) is 0 Å². The van der Waals surface area contributed by atoms with Gasteiger partial charge in [-0.3, -0.25) is 0 Å². The van der Waals surface area contributed by atoms with E-state index in [2.05, 4.69) is 55.9 Å². The standard InChI is InChI=1S/C18H30N2O/c1-14-5-6-16(13-15(14)2)18(21)9-12-20(4)17-7-10-19(3)11-8-17/h5-6,13,17-18,21H,7-12H2,1-4H3. The highest BCUT2D eigenvalue weighted by Gasteiger charge is 2.21. The third-order valence-corrected chi connectivity index (χ3v) is 4.98. The highest BCUT2D eigenvalue weighted by Crippen LogP contribution is 2.21. The van der Waals surface area contributed by atoms with E-state index in [0.717, 1.165) is 18.5 Å². The molecule has 118 valence electrons. The number of aryl methyl sites for hydroxylation is 2. The van der Waals surface area contributed by atoms with Gasteiger partial charge in [-0.25, -0.2) is 0 Å². The van der Waals surface area contributed by atoms with Gasteiger partial charge in [-0.15, -0.1) is 0 Å². The average Bonchev–Trinajstić information content (AvgIpc) is 2.48. The number of rotatable bonds is 5. The van der Waals surface area contributed by atoms with Gasteiger partial charge in [0.1, 0.15) is 0 Å². The van der Waals surface area contributed by atoms with Crippen LogP contribution in [0.4, 0.5) is 0 Å². The Kier molecular flexibility index (Phi) is 5.80. The second-order valence-corrected chi connectivity index (χ2v) is 6.66. The first kappa shape index (κ1) is 16.5. The first-order valence-corrected chi connectivity index (χ1v) is 8.11. The second-order valence-electron chi connectivity index (χ2n) is 6.66. The number of hydrogen-bond donors (Lipinski definition) is 1. The van der Waals surface area contributed by atoms with Crippen molar-refractivity contribution in [3.05, 3.63) is 34.9 Å². The summed E-state index contributed by atoms with van der Waals surface area (Å²) in [5, 5.41) is 10.4. The van der Waals surface area contributed by atoms with Gasteiger partial charge in [0.25, 0.3) is 0 Å². The largest absolute Gasteiger partial charge is 0.388 e. The fourth-order valence-electron chi connectivity index (χ4n) is 3.08.